The number of nitrogen functional groups attached to an aromatic ring is 1. The summed E-state index contributed by atoms with van der Waals surface area (Å²) in [6, 6.07) is 0. The lowest BCUT2D eigenvalue weighted by atomic mass is 9.96. The predicted octanol–water partition coefficient (Wildman–Crippen LogP) is 2.13. The molecule has 0 amide bonds. The lowest BCUT2D eigenvalue weighted by Gasteiger charge is -2.17. The molecule has 0 saturated heterocycles. The van der Waals surface area contributed by atoms with Crippen molar-refractivity contribution < 1.29 is 0 Å². The van der Waals surface area contributed by atoms with E-state index in [4.69, 9.17) is 5.73 Å². The normalized spacial score (nSPS) is 18.4. The number of hydrogen-bond acceptors (Lipinski definition) is 5. The summed E-state index contributed by atoms with van der Waals surface area (Å²) in [4.78, 5) is 8.96. The van der Waals surface area contributed by atoms with Gasteiger partial charge < -0.3 is 16.4 Å². The number of nitrogens with zero attached hydrogens (tertiary/aromatic N) is 2. The number of rotatable bonds is 3. The molecule has 0 bridgehead atoms. The van der Waals surface area contributed by atoms with E-state index < -0.39 is 0 Å². The van der Waals surface area contributed by atoms with Crippen LogP contribution in [0.15, 0.2) is 23.8 Å². The van der Waals surface area contributed by atoms with Gasteiger partial charge in [-0.3, -0.25) is 0 Å². The van der Waals surface area contributed by atoms with Gasteiger partial charge in [-0.15, -0.1) is 0 Å². The van der Waals surface area contributed by atoms with Crippen molar-refractivity contribution in [1.82, 2.24) is 9.97 Å². The Morgan fingerprint density at radius 2 is 1.83 bits per heavy atom. The molecule has 4 N–H and O–H groups in total. The maximum absolute atomic E-state index is 5.94. The van der Waals surface area contributed by atoms with Crippen molar-refractivity contribution in [2.75, 3.05) is 30.5 Å². The summed E-state index contributed by atoms with van der Waals surface area (Å²) < 4.78 is 0. The number of nitrogens with one attached hydrogen (secondary N) is 2. The first-order valence-corrected chi connectivity index (χ1v) is 6.03. The number of anilines is 3. The number of nitrogens with two attached hydrogens (primary N) is 1. The second-order valence-electron chi connectivity index (χ2n) is 4.34. The zero-order valence-corrected chi connectivity index (χ0v) is 11.0. The quantitative estimate of drug-likeness (QED) is 0.760. The maximum Gasteiger partial charge on any atom is 0.155 e. The summed E-state index contributed by atoms with van der Waals surface area (Å²) in [5.41, 5.74) is 7.78. The van der Waals surface area contributed by atoms with Gasteiger partial charge >= 0.3 is 0 Å². The lowest BCUT2D eigenvalue weighted by Crippen LogP contribution is -2.11. The van der Waals surface area contributed by atoms with E-state index in [2.05, 4.69) is 45.8 Å². The average molecular weight is 245 g/mol. The van der Waals surface area contributed by atoms with E-state index in [1.807, 2.05) is 14.1 Å². The highest BCUT2D eigenvalue weighted by molar-refractivity contribution is 5.74. The summed E-state index contributed by atoms with van der Waals surface area (Å²) in [6.07, 6.45) is 7.37. The molecule has 1 aromatic rings. The average Bonchev–Trinajstić information content (AvgIpc) is 2.40. The molecule has 1 unspecified atom stereocenters. The molecule has 0 fully saturated rings. The molecule has 1 heterocycles. The maximum atomic E-state index is 5.94. The fourth-order valence-electron chi connectivity index (χ4n) is 1.95. The highest BCUT2D eigenvalue weighted by atomic mass is 15.1. The predicted molar refractivity (Wildman–Crippen MR) is 75.8 cm³/mol. The molecule has 1 atom stereocenters. The van der Waals surface area contributed by atoms with Gasteiger partial charge in [0.2, 0.25) is 0 Å². The van der Waals surface area contributed by atoms with Crippen molar-refractivity contribution in [3.63, 3.8) is 0 Å². The van der Waals surface area contributed by atoms with E-state index in [1.54, 1.807) is 0 Å². The summed E-state index contributed by atoms with van der Waals surface area (Å²) in [5, 5.41) is 6.01. The van der Waals surface area contributed by atoms with E-state index in [1.165, 1.54) is 5.57 Å². The number of aromatic nitrogens is 2. The van der Waals surface area contributed by atoms with Gasteiger partial charge in [-0.05, 0) is 13.3 Å². The highest BCUT2D eigenvalue weighted by Gasteiger charge is 2.17. The molecule has 0 radical (unpaired) electrons. The minimum atomic E-state index is 0.216. The lowest BCUT2D eigenvalue weighted by molar-refractivity contribution is 0.770. The summed E-state index contributed by atoms with van der Waals surface area (Å²) in [6.45, 7) is 2.09. The third-order valence-corrected chi connectivity index (χ3v) is 3.05. The first kappa shape index (κ1) is 12.4. The second-order valence-corrected chi connectivity index (χ2v) is 4.34. The van der Waals surface area contributed by atoms with Crippen LogP contribution in [0.5, 0.6) is 0 Å². The molecular formula is C13H19N5. The van der Waals surface area contributed by atoms with Gasteiger partial charge in [-0.1, -0.05) is 23.8 Å². The Hall–Kier alpha value is -2.04. The van der Waals surface area contributed by atoms with Gasteiger partial charge in [0.15, 0.2) is 11.6 Å². The van der Waals surface area contributed by atoms with Crippen molar-refractivity contribution in [2.45, 2.75) is 19.3 Å². The zero-order valence-electron chi connectivity index (χ0n) is 11.0. The molecule has 18 heavy (non-hydrogen) atoms. The van der Waals surface area contributed by atoms with Crippen LogP contribution in [0, 0.1) is 0 Å². The van der Waals surface area contributed by atoms with Crippen LogP contribution >= 0.6 is 0 Å². The molecular weight excluding hydrogens is 226 g/mol. The molecule has 0 spiro atoms. The smallest absolute Gasteiger partial charge is 0.155 e. The van der Waals surface area contributed by atoms with Crippen molar-refractivity contribution in [3.05, 3.63) is 29.6 Å². The van der Waals surface area contributed by atoms with Gasteiger partial charge in [0.25, 0.3) is 0 Å². The SMILES string of the molecule is CNc1nc(C2C=CC(C)=CC2)nc(NC)c1N. The van der Waals surface area contributed by atoms with Crippen molar-refractivity contribution in [1.29, 1.82) is 0 Å². The topological polar surface area (TPSA) is 75.9 Å². The van der Waals surface area contributed by atoms with E-state index in [0.29, 0.717) is 17.3 Å². The Morgan fingerprint density at radius 3 is 2.28 bits per heavy atom. The molecule has 0 aromatic carbocycles. The number of allylic oxidation sites excluding steroid dienone is 4. The van der Waals surface area contributed by atoms with Crippen LogP contribution in [0.3, 0.4) is 0 Å². The third-order valence-electron chi connectivity index (χ3n) is 3.05. The van der Waals surface area contributed by atoms with Gasteiger partial charge in [-0.2, -0.15) is 0 Å². The Kier molecular flexibility index (Phi) is 3.50. The van der Waals surface area contributed by atoms with Crippen LogP contribution in [-0.4, -0.2) is 24.1 Å². The molecule has 2 rings (SSSR count). The first-order chi connectivity index (χ1) is 8.65. The molecule has 5 heteroatoms. The van der Waals surface area contributed by atoms with Crippen LogP contribution < -0.4 is 16.4 Å². The van der Waals surface area contributed by atoms with Crippen LogP contribution in [0.2, 0.25) is 0 Å². The molecule has 0 aliphatic heterocycles. The van der Waals surface area contributed by atoms with Crippen LogP contribution in [-0.2, 0) is 0 Å². The fraction of sp³-hybridized carbons (Fsp3) is 0.385. The molecule has 96 valence electrons. The fourth-order valence-corrected chi connectivity index (χ4v) is 1.95. The summed E-state index contributed by atoms with van der Waals surface area (Å²) in [5.74, 6) is 2.35. The summed E-state index contributed by atoms with van der Waals surface area (Å²) >= 11 is 0. The summed E-state index contributed by atoms with van der Waals surface area (Å²) in [7, 11) is 3.62. The minimum absolute atomic E-state index is 0.216. The Labute approximate surface area is 107 Å². The molecule has 1 aliphatic rings. The largest absolute Gasteiger partial charge is 0.393 e. The van der Waals surface area contributed by atoms with Crippen molar-refractivity contribution in [3.8, 4) is 0 Å². The first-order valence-electron chi connectivity index (χ1n) is 6.03. The molecule has 0 saturated carbocycles. The van der Waals surface area contributed by atoms with Crippen LogP contribution in [0.1, 0.15) is 25.1 Å². The van der Waals surface area contributed by atoms with Crippen LogP contribution in [0.25, 0.3) is 0 Å². The van der Waals surface area contributed by atoms with Crippen molar-refractivity contribution >= 4 is 17.3 Å². The van der Waals surface area contributed by atoms with Gasteiger partial charge in [0, 0.05) is 20.0 Å². The van der Waals surface area contributed by atoms with E-state index in [0.717, 1.165) is 12.2 Å². The van der Waals surface area contributed by atoms with Crippen LogP contribution in [0.4, 0.5) is 17.3 Å². The monoisotopic (exact) mass is 245 g/mol. The molecule has 1 aliphatic carbocycles. The standard InChI is InChI=1S/C13H19N5/c1-8-4-6-9(7-5-8)11-17-12(15-2)10(14)13(16-3)18-11/h4-6,9H,7,14H2,1-3H3,(H2,15,16,17,18). The second kappa shape index (κ2) is 5.08. The minimum Gasteiger partial charge on any atom is -0.393 e. The molecule has 1 aromatic heterocycles. The zero-order chi connectivity index (χ0) is 13.1. The van der Waals surface area contributed by atoms with E-state index in [-0.39, 0.29) is 5.92 Å². The van der Waals surface area contributed by atoms with Crippen molar-refractivity contribution in [2.24, 2.45) is 0 Å². The van der Waals surface area contributed by atoms with Gasteiger partial charge in [0.1, 0.15) is 11.5 Å². The molecule has 5 nitrogen and oxygen atoms in total. The Balaban J connectivity index is 2.37. The van der Waals surface area contributed by atoms with Gasteiger partial charge in [0.05, 0.1) is 0 Å². The van der Waals surface area contributed by atoms with Gasteiger partial charge in [-0.25, -0.2) is 9.97 Å². The Bertz CT molecular complexity index is 479. The van der Waals surface area contributed by atoms with E-state index >= 15 is 0 Å². The number of hydrogen-bond donors (Lipinski definition) is 3. The van der Waals surface area contributed by atoms with E-state index in [9.17, 15) is 0 Å². The third kappa shape index (κ3) is 2.30. The Morgan fingerprint density at radius 1 is 1.22 bits per heavy atom. The highest BCUT2D eigenvalue weighted by Crippen LogP contribution is 2.29.